The number of pyridine rings is 2. The first-order valence-corrected chi connectivity index (χ1v) is 8.19. The van der Waals surface area contributed by atoms with Crippen molar-refractivity contribution in [1.29, 1.82) is 0 Å². The number of esters is 1. The molecule has 10 heteroatoms. The summed E-state index contributed by atoms with van der Waals surface area (Å²) in [6, 6.07) is 0.932. The van der Waals surface area contributed by atoms with Crippen LogP contribution in [0.15, 0.2) is 23.3 Å². The fourth-order valence-electron chi connectivity index (χ4n) is 2.06. The van der Waals surface area contributed by atoms with Crippen LogP contribution in [0.2, 0.25) is 9.49 Å². The highest BCUT2D eigenvalue weighted by Crippen LogP contribution is 2.26. The molecule has 0 atom stereocenters. The lowest BCUT2D eigenvalue weighted by atomic mass is 10.2. The maximum atomic E-state index is 13.8. The Hall–Kier alpha value is -2.03. The van der Waals surface area contributed by atoms with E-state index < -0.39 is 22.4 Å². The monoisotopic (exact) mass is 387 g/mol. The minimum Gasteiger partial charge on any atom is -0.462 e. The highest BCUT2D eigenvalue weighted by molar-refractivity contribution is 7.18. The summed E-state index contributed by atoms with van der Waals surface area (Å²) in [6.07, 6.45) is 2.64. The minimum atomic E-state index is -0.869. The van der Waals surface area contributed by atoms with Gasteiger partial charge in [-0.1, -0.05) is 34.5 Å². The summed E-state index contributed by atoms with van der Waals surface area (Å²) in [5, 5.41) is -0.179. The number of carbonyl (C=O) groups is 1. The summed E-state index contributed by atoms with van der Waals surface area (Å²) >= 11 is 12.7. The first-order chi connectivity index (χ1) is 11.4. The van der Waals surface area contributed by atoms with Crippen molar-refractivity contribution in [2.45, 2.75) is 6.92 Å². The minimum absolute atomic E-state index is 0.0606. The van der Waals surface area contributed by atoms with Gasteiger partial charge in [-0.2, -0.15) is 0 Å². The summed E-state index contributed by atoms with van der Waals surface area (Å²) < 4.78 is 20.4. The van der Waals surface area contributed by atoms with Gasteiger partial charge in [-0.05, 0) is 13.0 Å². The van der Waals surface area contributed by atoms with E-state index in [0.717, 1.165) is 17.4 Å². The lowest BCUT2D eigenvalue weighted by Crippen LogP contribution is -2.21. The third-order valence-electron chi connectivity index (χ3n) is 3.06. The van der Waals surface area contributed by atoms with Crippen molar-refractivity contribution in [3.63, 3.8) is 0 Å². The number of ether oxygens (including phenoxy) is 1. The zero-order valence-corrected chi connectivity index (χ0v) is 14.4. The molecular weight excluding hydrogens is 380 g/mol. The maximum absolute atomic E-state index is 13.8. The molecule has 3 heterocycles. The molecule has 0 aliphatic carbocycles. The van der Waals surface area contributed by atoms with Crippen LogP contribution in [0.25, 0.3) is 16.2 Å². The number of thiazole rings is 1. The Morgan fingerprint density at radius 1 is 1.46 bits per heavy atom. The molecule has 0 radical (unpaired) electrons. The van der Waals surface area contributed by atoms with Crippen LogP contribution >= 0.6 is 34.5 Å². The molecule has 0 saturated carbocycles. The first kappa shape index (κ1) is 16.8. The molecule has 6 nitrogen and oxygen atoms in total. The number of aromatic nitrogens is 3. The summed E-state index contributed by atoms with van der Waals surface area (Å²) in [6.45, 7) is 1.70. The van der Waals surface area contributed by atoms with Crippen LogP contribution in [0, 0.1) is 5.82 Å². The van der Waals surface area contributed by atoms with E-state index in [0.29, 0.717) is 9.47 Å². The average molecular weight is 388 g/mol. The van der Waals surface area contributed by atoms with Crippen molar-refractivity contribution >= 4 is 51.5 Å². The van der Waals surface area contributed by atoms with E-state index in [-0.39, 0.29) is 23.2 Å². The quantitative estimate of drug-likeness (QED) is 0.508. The SMILES string of the molecule is CCOC(=O)c1cn(-c2ncc(Cl)s2)c2nc(Cl)c(F)cc2c1=O. The number of hydrogen-bond donors (Lipinski definition) is 0. The summed E-state index contributed by atoms with van der Waals surface area (Å²) in [5.41, 5.74) is -0.907. The smallest absolute Gasteiger partial charge is 0.343 e. The van der Waals surface area contributed by atoms with Gasteiger partial charge in [-0.3, -0.25) is 9.36 Å². The first-order valence-electron chi connectivity index (χ1n) is 6.62. The molecule has 0 aliphatic heterocycles. The Morgan fingerprint density at radius 3 is 2.83 bits per heavy atom. The molecule has 0 amide bonds. The van der Waals surface area contributed by atoms with Crippen LogP contribution in [-0.4, -0.2) is 27.1 Å². The number of nitrogens with zero attached hydrogens (tertiary/aromatic N) is 3. The van der Waals surface area contributed by atoms with Gasteiger partial charge in [0.15, 0.2) is 21.7 Å². The molecule has 3 aromatic heterocycles. The number of hydrogen-bond acceptors (Lipinski definition) is 6. The molecule has 0 spiro atoms. The summed E-state index contributed by atoms with van der Waals surface area (Å²) in [4.78, 5) is 32.5. The van der Waals surface area contributed by atoms with Crippen LogP contribution in [0.4, 0.5) is 4.39 Å². The summed E-state index contributed by atoms with van der Waals surface area (Å²) in [5.74, 6) is -1.69. The molecule has 0 fully saturated rings. The van der Waals surface area contributed by atoms with E-state index in [1.54, 1.807) is 6.92 Å². The Balaban J connectivity index is 2.40. The van der Waals surface area contributed by atoms with E-state index in [2.05, 4.69) is 9.97 Å². The fourth-order valence-corrected chi connectivity index (χ4v) is 3.07. The lowest BCUT2D eigenvalue weighted by molar-refractivity contribution is 0.0524. The Morgan fingerprint density at radius 2 is 2.21 bits per heavy atom. The number of halogens is 3. The highest BCUT2D eigenvalue weighted by atomic mass is 35.5. The Bertz CT molecular complexity index is 1020. The summed E-state index contributed by atoms with van der Waals surface area (Å²) in [7, 11) is 0. The molecule has 24 heavy (non-hydrogen) atoms. The van der Waals surface area contributed by atoms with Gasteiger partial charge < -0.3 is 4.74 Å². The number of fused-ring (bicyclic) bond motifs is 1. The second kappa shape index (κ2) is 6.46. The number of rotatable bonds is 3. The van der Waals surface area contributed by atoms with E-state index in [1.807, 2.05) is 0 Å². The largest absolute Gasteiger partial charge is 0.462 e. The lowest BCUT2D eigenvalue weighted by Gasteiger charge is -2.10. The van der Waals surface area contributed by atoms with Gasteiger partial charge in [0.2, 0.25) is 5.43 Å². The Kier molecular flexibility index (Phi) is 4.53. The predicted octanol–water partition coefficient (Wildman–Crippen LogP) is 3.46. The molecule has 3 aromatic rings. The van der Waals surface area contributed by atoms with Crippen LogP contribution in [0.5, 0.6) is 0 Å². The van der Waals surface area contributed by atoms with Gasteiger partial charge >= 0.3 is 5.97 Å². The van der Waals surface area contributed by atoms with Crippen molar-refractivity contribution in [1.82, 2.24) is 14.5 Å². The fraction of sp³-hybridized carbons (Fsp3) is 0.143. The van der Waals surface area contributed by atoms with Gasteiger partial charge in [0.1, 0.15) is 9.90 Å². The zero-order chi connectivity index (χ0) is 17.4. The van der Waals surface area contributed by atoms with Crippen LogP contribution in [-0.2, 0) is 4.74 Å². The van der Waals surface area contributed by atoms with Gasteiger partial charge in [0.25, 0.3) is 0 Å². The van der Waals surface area contributed by atoms with Gasteiger partial charge in [-0.15, -0.1) is 0 Å². The van der Waals surface area contributed by atoms with Gasteiger partial charge in [-0.25, -0.2) is 19.2 Å². The maximum Gasteiger partial charge on any atom is 0.343 e. The zero-order valence-electron chi connectivity index (χ0n) is 12.0. The molecule has 0 aliphatic rings. The van der Waals surface area contributed by atoms with Crippen molar-refractivity contribution in [3.8, 4) is 5.13 Å². The third-order valence-corrected chi connectivity index (χ3v) is 4.43. The standard InChI is InChI=1S/C14H8Cl2FN3O3S/c1-2-23-13(22)7-5-20(14-18-4-9(15)24-14)12-6(10(7)21)3-8(17)11(16)19-12/h3-5H,2H2,1H3. The normalized spacial score (nSPS) is 11.0. The second-order valence-corrected chi connectivity index (χ2v) is 6.54. The molecule has 0 unspecified atom stereocenters. The van der Waals surface area contributed by atoms with Crippen molar-refractivity contribution in [2.75, 3.05) is 6.61 Å². The van der Waals surface area contributed by atoms with Crippen LogP contribution in [0.3, 0.4) is 0 Å². The second-order valence-electron chi connectivity index (χ2n) is 4.54. The molecule has 124 valence electrons. The van der Waals surface area contributed by atoms with E-state index in [1.165, 1.54) is 17.0 Å². The third kappa shape index (κ3) is 2.88. The molecule has 3 rings (SSSR count). The molecule has 0 aromatic carbocycles. The van der Waals surface area contributed by atoms with Gasteiger partial charge in [0, 0.05) is 6.20 Å². The Labute approximate surface area is 148 Å². The topological polar surface area (TPSA) is 74.1 Å². The molecular formula is C14H8Cl2FN3O3S. The van der Waals surface area contributed by atoms with Crippen molar-refractivity contribution in [2.24, 2.45) is 0 Å². The van der Waals surface area contributed by atoms with E-state index >= 15 is 0 Å². The number of carbonyl (C=O) groups excluding carboxylic acids is 1. The average Bonchev–Trinajstić information content (AvgIpc) is 2.96. The molecule has 0 N–H and O–H groups in total. The van der Waals surface area contributed by atoms with E-state index in [9.17, 15) is 14.0 Å². The highest BCUT2D eigenvalue weighted by Gasteiger charge is 2.20. The van der Waals surface area contributed by atoms with Gasteiger partial charge in [0.05, 0.1) is 18.2 Å². The predicted molar refractivity (Wildman–Crippen MR) is 88.9 cm³/mol. The molecule has 0 bridgehead atoms. The molecule has 0 saturated heterocycles. The van der Waals surface area contributed by atoms with Crippen molar-refractivity contribution in [3.05, 3.63) is 49.6 Å². The van der Waals surface area contributed by atoms with E-state index in [4.69, 9.17) is 27.9 Å². The van der Waals surface area contributed by atoms with Crippen LogP contribution in [0.1, 0.15) is 17.3 Å². The van der Waals surface area contributed by atoms with Crippen molar-refractivity contribution < 1.29 is 13.9 Å². The van der Waals surface area contributed by atoms with Crippen LogP contribution < -0.4 is 5.43 Å².